The Morgan fingerprint density at radius 2 is 1.41 bits per heavy atom. The van der Waals surface area contributed by atoms with E-state index in [1.807, 2.05) is 6.07 Å². The second-order valence-corrected chi connectivity index (χ2v) is 6.23. The summed E-state index contributed by atoms with van der Waals surface area (Å²) in [7, 11) is 0. The average molecular weight is 301 g/mol. The smallest absolute Gasteiger partial charge is 0.0790 e. The molecule has 1 nitrogen and oxygen atoms in total. The summed E-state index contributed by atoms with van der Waals surface area (Å²) in [5.74, 6) is 0. The van der Waals surface area contributed by atoms with Crippen LogP contribution in [0, 0.1) is 6.92 Å². The lowest BCUT2D eigenvalue weighted by Gasteiger charge is -2.13. The van der Waals surface area contributed by atoms with Gasteiger partial charge >= 0.3 is 0 Å². The molecule has 2 heteroatoms. The maximum absolute atomic E-state index is 4.93. The molecule has 22 heavy (non-hydrogen) atoms. The van der Waals surface area contributed by atoms with Gasteiger partial charge in [-0.05, 0) is 23.9 Å². The van der Waals surface area contributed by atoms with E-state index in [1.54, 1.807) is 11.3 Å². The first kappa shape index (κ1) is 13.2. The minimum Gasteiger partial charge on any atom is -0.251 e. The van der Waals surface area contributed by atoms with Gasteiger partial charge in [0, 0.05) is 16.5 Å². The number of hydrogen-bond acceptors (Lipinski definition) is 2. The van der Waals surface area contributed by atoms with Gasteiger partial charge in [-0.1, -0.05) is 60.7 Å². The lowest BCUT2D eigenvalue weighted by atomic mass is 9.96. The van der Waals surface area contributed by atoms with E-state index in [0.29, 0.717) is 0 Å². The standard InChI is InChI=1S/C20H15NS/c1-14-20-17(12-13-22-20)18(15-8-4-2-5-9-15)19(21-14)16-10-6-3-7-11-16/h2-13H,1H3. The van der Waals surface area contributed by atoms with Crippen molar-refractivity contribution in [1.29, 1.82) is 0 Å². The Balaban J connectivity index is 2.12. The molecule has 0 spiro atoms. The zero-order chi connectivity index (χ0) is 14.9. The summed E-state index contributed by atoms with van der Waals surface area (Å²) in [6.45, 7) is 2.10. The number of pyridine rings is 1. The Hall–Kier alpha value is -2.45. The molecule has 0 amide bonds. The quantitative estimate of drug-likeness (QED) is 0.446. The average Bonchev–Trinajstić information content (AvgIpc) is 3.06. The fraction of sp³-hybridized carbons (Fsp3) is 0.0500. The van der Waals surface area contributed by atoms with Crippen molar-refractivity contribution in [2.75, 3.05) is 0 Å². The maximum Gasteiger partial charge on any atom is 0.0790 e. The predicted octanol–water partition coefficient (Wildman–Crippen LogP) is 5.94. The molecule has 0 fully saturated rings. The van der Waals surface area contributed by atoms with Gasteiger partial charge in [0.25, 0.3) is 0 Å². The van der Waals surface area contributed by atoms with Gasteiger partial charge in [-0.2, -0.15) is 0 Å². The van der Waals surface area contributed by atoms with Crippen LogP contribution in [0.1, 0.15) is 5.69 Å². The Kier molecular flexibility index (Phi) is 3.24. The molecule has 4 aromatic rings. The Morgan fingerprint density at radius 1 is 0.773 bits per heavy atom. The van der Waals surface area contributed by atoms with Crippen molar-refractivity contribution in [2.45, 2.75) is 6.92 Å². The lowest BCUT2D eigenvalue weighted by Crippen LogP contribution is -1.93. The van der Waals surface area contributed by atoms with Crippen LogP contribution in [-0.2, 0) is 0 Å². The third-order valence-corrected chi connectivity index (χ3v) is 4.91. The number of benzene rings is 2. The van der Waals surface area contributed by atoms with Crippen LogP contribution in [0.4, 0.5) is 0 Å². The zero-order valence-corrected chi connectivity index (χ0v) is 13.1. The van der Waals surface area contributed by atoms with Crippen LogP contribution in [0.15, 0.2) is 72.1 Å². The normalized spacial score (nSPS) is 11.0. The summed E-state index contributed by atoms with van der Waals surface area (Å²) in [6, 6.07) is 23.2. The summed E-state index contributed by atoms with van der Waals surface area (Å²) in [5, 5.41) is 3.45. The molecule has 0 saturated carbocycles. The summed E-state index contributed by atoms with van der Waals surface area (Å²) in [6.07, 6.45) is 0. The largest absolute Gasteiger partial charge is 0.251 e. The van der Waals surface area contributed by atoms with E-state index >= 15 is 0 Å². The molecule has 0 radical (unpaired) electrons. The van der Waals surface area contributed by atoms with Gasteiger partial charge in [0.1, 0.15) is 0 Å². The topological polar surface area (TPSA) is 12.9 Å². The molecule has 0 atom stereocenters. The highest BCUT2D eigenvalue weighted by Crippen LogP contribution is 2.39. The highest BCUT2D eigenvalue weighted by molar-refractivity contribution is 7.17. The van der Waals surface area contributed by atoms with Crippen LogP contribution in [0.25, 0.3) is 32.5 Å². The number of hydrogen-bond donors (Lipinski definition) is 0. The molecular formula is C20H15NS. The number of rotatable bonds is 2. The summed E-state index contributed by atoms with van der Waals surface area (Å²) >= 11 is 1.76. The van der Waals surface area contributed by atoms with E-state index in [4.69, 9.17) is 4.98 Å². The van der Waals surface area contributed by atoms with Crippen molar-refractivity contribution in [3.05, 3.63) is 77.8 Å². The van der Waals surface area contributed by atoms with Crippen LogP contribution in [-0.4, -0.2) is 4.98 Å². The highest BCUT2D eigenvalue weighted by Gasteiger charge is 2.15. The summed E-state index contributed by atoms with van der Waals surface area (Å²) < 4.78 is 1.28. The van der Waals surface area contributed by atoms with Crippen molar-refractivity contribution in [2.24, 2.45) is 0 Å². The fourth-order valence-electron chi connectivity index (χ4n) is 2.89. The highest BCUT2D eigenvalue weighted by atomic mass is 32.1. The maximum atomic E-state index is 4.93. The molecule has 2 aromatic carbocycles. The third kappa shape index (κ3) is 2.13. The number of aromatic nitrogens is 1. The lowest BCUT2D eigenvalue weighted by molar-refractivity contribution is 1.25. The Labute approximate surface area is 133 Å². The molecule has 0 saturated heterocycles. The van der Waals surface area contributed by atoms with Gasteiger partial charge in [0.2, 0.25) is 0 Å². The second kappa shape index (κ2) is 5.39. The van der Waals surface area contributed by atoms with Gasteiger partial charge in [0.05, 0.1) is 16.1 Å². The van der Waals surface area contributed by atoms with Crippen LogP contribution in [0.5, 0.6) is 0 Å². The SMILES string of the molecule is Cc1nc(-c2ccccc2)c(-c2ccccc2)c2ccsc12. The van der Waals surface area contributed by atoms with Gasteiger partial charge < -0.3 is 0 Å². The van der Waals surface area contributed by atoms with Gasteiger partial charge in [0.15, 0.2) is 0 Å². The number of nitrogens with zero attached hydrogens (tertiary/aromatic N) is 1. The molecule has 0 unspecified atom stereocenters. The van der Waals surface area contributed by atoms with Gasteiger partial charge in [-0.25, -0.2) is 0 Å². The second-order valence-electron chi connectivity index (χ2n) is 5.32. The van der Waals surface area contributed by atoms with Crippen LogP contribution < -0.4 is 0 Å². The molecule has 4 rings (SSSR count). The first-order chi connectivity index (χ1) is 10.8. The molecule has 0 N–H and O–H groups in total. The molecule has 106 valence electrons. The monoisotopic (exact) mass is 301 g/mol. The van der Waals surface area contributed by atoms with Crippen molar-refractivity contribution in [3.63, 3.8) is 0 Å². The molecule has 2 aromatic heterocycles. The molecular weight excluding hydrogens is 286 g/mol. The summed E-state index contributed by atoms with van der Waals surface area (Å²) in [5.41, 5.74) is 5.78. The van der Waals surface area contributed by atoms with E-state index in [0.717, 1.165) is 17.0 Å². The molecule has 0 aliphatic carbocycles. The van der Waals surface area contributed by atoms with Crippen molar-refractivity contribution in [3.8, 4) is 22.4 Å². The Morgan fingerprint density at radius 3 is 2.09 bits per heavy atom. The van der Waals surface area contributed by atoms with Crippen LogP contribution in [0.2, 0.25) is 0 Å². The van der Waals surface area contributed by atoms with Gasteiger partial charge in [-0.3, -0.25) is 4.98 Å². The molecule has 0 bridgehead atoms. The van der Waals surface area contributed by atoms with E-state index in [9.17, 15) is 0 Å². The summed E-state index contributed by atoms with van der Waals surface area (Å²) in [4.78, 5) is 4.93. The van der Waals surface area contributed by atoms with Gasteiger partial charge in [-0.15, -0.1) is 11.3 Å². The molecule has 0 aliphatic rings. The third-order valence-electron chi connectivity index (χ3n) is 3.89. The minimum atomic E-state index is 1.06. The van der Waals surface area contributed by atoms with E-state index in [2.05, 4.69) is 73.0 Å². The number of fused-ring (bicyclic) bond motifs is 1. The zero-order valence-electron chi connectivity index (χ0n) is 12.3. The number of aryl methyl sites for hydroxylation is 1. The van der Waals surface area contributed by atoms with Crippen molar-refractivity contribution < 1.29 is 0 Å². The van der Waals surface area contributed by atoms with Crippen molar-refractivity contribution >= 4 is 21.4 Å². The number of thiophene rings is 1. The van der Waals surface area contributed by atoms with E-state index in [-0.39, 0.29) is 0 Å². The van der Waals surface area contributed by atoms with Crippen LogP contribution >= 0.6 is 11.3 Å². The fourth-order valence-corrected chi connectivity index (χ4v) is 3.74. The first-order valence-electron chi connectivity index (χ1n) is 7.33. The minimum absolute atomic E-state index is 1.06. The van der Waals surface area contributed by atoms with Crippen LogP contribution in [0.3, 0.4) is 0 Å². The van der Waals surface area contributed by atoms with E-state index in [1.165, 1.54) is 21.2 Å². The first-order valence-corrected chi connectivity index (χ1v) is 8.21. The van der Waals surface area contributed by atoms with Crippen molar-refractivity contribution in [1.82, 2.24) is 4.98 Å². The molecule has 0 aliphatic heterocycles. The van der Waals surface area contributed by atoms with E-state index < -0.39 is 0 Å². The predicted molar refractivity (Wildman–Crippen MR) is 95.2 cm³/mol. The Bertz CT molecular complexity index is 924. The molecule has 2 heterocycles.